The fraction of sp³-hybridized carbons (Fsp3) is 0.667. The van der Waals surface area contributed by atoms with Crippen LogP contribution in [0.2, 0.25) is 0 Å². The van der Waals surface area contributed by atoms with Crippen molar-refractivity contribution in [2.75, 3.05) is 14.1 Å². The molecule has 3 heteroatoms. The van der Waals surface area contributed by atoms with E-state index in [0.29, 0.717) is 0 Å². The maximum atomic E-state index is 10.1. The van der Waals surface area contributed by atoms with E-state index in [2.05, 4.69) is 0 Å². The van der Waals surface area contributed by atoms with Crippen LogP contribution in [0.5, 0.6) is 0 Å². The second kappa shape index (κ2) is 2.46. The van der Waals surface area contributed by atoms with Gasteiger partial charge in [0.15, 0.2) is 0 Å². The number of hydrogen-bond donors (Lipinski definition) is 0. The first-order chi connectivity index (χ1) is 2.64. The van der Waals surface area contributed by atoms with Gasteiger partial charge in [-0.2, -0.15) is 0 Å². The fourth-order valence-electron chi connectivity index (χ4n) is 0. The molecule has 6 heavy (non-hydrogen) atoms. The molecule has 0 aliphatic rings. The summed E-state index contributed by atoms with van der Waals surface area (Å²) in [5, 5.41) is 0. The summed E-state index contributed by atoms with van der Waals surface area (Å²) in [6, 6.07) is 0. The van der Waals surface area contributed by atoms with Crippen LogP contribution in [0.25, 0.3) is 0 Å². The molecule has 0 saturated heterocycles. The van der Waals surface area contributed by atoms with E-state index in [1.165, 1.54) is 23.0 Å². The normalized spacial score (nSPS) is 7.83. The Labute approximate surface area is 51.0 Å². The van der Waals surface area contributed by atoms with Crippen LogP contribution < -0.4 is 0 Å². The van der Waals surface area contributed by atoms with Gasteiger partial charge in [-0.05, 0) is 0 Å². The van der Waals surface area contributed by atoms with Crippen LogP contribution in [0.1, 0.15) is 0 Å². The average Bonchev–Trinajstić information content (AvgIpc) is 1.36. The van der Waals surface area contributed by atoms with Crippen molar-refractivity contribution >= 4 is 26.9 Å². The van der Waals surface area contributed by atoms with Gasteiger partial charge in [-0.25, -0.2) is 0 Å². The van der Waals surface area contributed by atoms with Crippen LogP contribution >= 0.6 is 0 Å². The summed E-state index contributed by atoms with van der Waals surface area (Å²) in [5.74, 6) is 0. The molecule has 0 spiro atoms. The third-order valence-electron chi connectivity index (χ3n) is 0.383. The van der Waals surface area contributed by atoms with E-state index >= 15 is 0 Å². The first-order valence-electron chi connectivity index (χ1n) is 1.55. The maximum absolute atomic E-state index is 10.1. The predicted molar refractivity (Wildman–Crippen MR) is 24.8 cm³/mol. The molecule has 0 rings (SSSR count). The minimum atomic E-state index is 0.143. The predicted octanol–water partition coefficient (Wildman–Crippen LogP) is -0.163. The van der Waals surface area contributed by atoms with Gasteiger partial charge in [-0.1, -0.05) is 0 Å². The zero-order valence-electron chi connectivity index (χ0n) is 3.80. The van der Waals surface area contributed by atoms with E-state index in [4.69, 9.17) is 0 Å². The number of hydrogen-bond acceptors (Lipinski definition) is 1. The molecule has 2 radical (unpaired) electrons. The summed E-state index contributed by atoms with van der Waals surface area (Å²) in [6.45, 7) is 0. The van der Waals surface area contributed by atoms with Crippen molar-refractivity contribution in [1.29, 1.82) is 0 Å². The quantitative estimate of drug-likeness (QED) is 0.490. The van der Waals surface area contributed by atoms with Gasteiger partial charge in [-0.3, -0.25) is 0 Å². The van der Waals surface area contributed by atoms with E-state index < -0.39 is 0 Å². The molecule has 1 amide bonds. The Balaban J connectivity index is 3.26. The first kappa shape index (κ1) is 6.29. The molecule has 34 valence electrons. The molecule has 0 aromatic carbocycles. The molecule has 0 unspecified atom stereocenters. The van der Waals surface area contributed by atoms with Crippen molar-refractivity contribution in [1.82, 2.24) is 4.90 Å². The standard InChI is InChI=1S/C3H6NO.Sb/c1-4(2)3-5;/h1-2H3;. The Hall–Kier alpha value is 0.288. The van der Waals surface area contributed by atoms with Gasteiger partial charge in [0.2, 0.25) is 0 Å². The SMILES string of the molecule is CN(C)[C](=O)[Sb]. The Morgan fingerprint density at radius 2 is 1.83 bits per heavy atom. The van der Waals surface area contributed by atoms with Gasteiger partial charge < -0.3 is 0 Å². The number of rotatable bonds is 0. The van der Waals surface area contributed by atoms with Gasteiger partial charge in [0.25, 0.3) is 0 Å². The summed E-state index contributed by atoms with van der Waals surface area (Å²) in [4.78, 5) is 11.6. The van der Waals surface area contributed by atoms with Gasteiger partial charge >= 0.3 is 50.7 Å². The number of carbonyl (C=O) groups is 1. The number of amides is 1. The van der Waals surface area contributed by atoms with Gasteiger partial charge in [-0.15, -0.1) is 0 Å². The van der Waals surface area contributed by atoms with Crippen LogP contribution in [-0.2, 0) is 0 Å². The molecule has 0 atom stereocenters. The molecule has 2 nitrogen and oxygen atoms in total. The molecule has 0 heterocycles. The van der Waals surface area contributed by atoms with Gasteiger partial charge in [0, 0.05) is 0 Å². The Morgan fingerprint density at radius 3 is 1.83 bits per heavy atom. The number of nitrogens with zero attached hydrogens (tertiary/aromatic N) is 1. The summed E-state index contributed by atoms with van der Waals surface area (Å²) in [7, 11) is 3.47. The van der Waals surface area contributed by atoms with Gasteiger partial charge in [0.05, 0.1) is 0 Å². The van der Waals surface area contributed by atoms with E-state index in [9.17, 15) is 4.79 Å². The van der Waals surface area contributed by atoms with Crippen LogP contribution in [0, 0.1) is 0 Å². The van der Waals surface area contributed by atoms with E-state index in [1.54, 1.807) is 19.0 Å². The van der Waals surface area contributed by atoms with Crippen LogP contribution in [0.4, 0.5) is 4.79 Å². The van der Waals surface area contributed by atoms with E-state index in [0.717, 1.165) is 0 Å². The third kappa shape index (κ3) is 2.52. The van der Waals surface area contributed by atoms with Gasteiger partial charge in [0.1, 0.15) is 0 Å². The van der Waals surface area contributed by atoms with Crippen molar-refractivity contribution in [3.63, 3.8) is 0 Å². The molecule has 0 aromatic rings. The zero-order chi connectivity index (χ0) is 5.15. The van der Waals surface area contributed by atoms with Crippen molar-refractivity contribution in [2.45, 2.75) is 0 Å². The van der Waals surface area contributed by atoms with Crippen molar-refractivity contribution in [3.05, 3.63) is 0 Å². The molecule has 0 bridgehead atoms. The molecular weight excluding hydrogens is 188 g/mol. The summed E-state index contributed by atoms with van der Waals surface area (Å²) in [6.07, 6.45) is 0. The van der Waals surface area contributed by atoms with E-state index in [-0.39, 0.29) is 3.85 Å². The minimum absolute atomic E-state index is 0.143. The Kier molecular flexibility index (Phi) is 2.58. The van der Waals surface area contributed by atoms with Crippen molar-refractivity contribution in [3.8, 4) is 0 Å². The zero-order valence-corrected chi connectivity index (χ0v) is 6.36. The monoisotopic (exact) mass is 193 g/mol. The Morgan fingerprint density at radius 1 is 1.67 bits per heavy atom. The molecule has 0 aliphatic heterocycles. The second-order valence-electron chi connectivity index (χ2n) is 1.18. The van der Waals surface area contributed by atoms with Crippen LogP contribution in [0.3, 0.4) is 0 Å². The molecular formula is C3H6NOSb. The van der Waals surface area contributed by atoms with Crippen LogP contribution in [0.15, 0.2) is 0 Å². The molecule has 0 N–H and O–H groups in total. The molecule has 0 aromatic heterocycles. The third-order valence-corrected chi connectivity index (χ3v) is 1.52. The average molecular weight is 194 g/mol. The molecule has 0 fully saturated rings. The second-order valence-corrected chi connectivity index (χ2v) is 2.27. The summed E-state index contributed by atoms with van der Waals surface area (Å²) >= 11 is 1.21. The topological polar surface area (TPSA) is 20.3 Å². The summed E-state index contributed by atoms with van der Waals surface area (Å²) in [5.41, 5.74) is 0. The molecule has 0 aliphatic carbocycles. The number of carbonyl (C=O) groups excluding carboxylic acids is 1. The first-order valence-corrected chi connectivity index (χ1v) is 2.82. The van der Waals surface area contributed by atoms with E-state index in [1.807, 2.05) is 0 Å². The Bertz CT molecular complexity index is 61.8. The molecule has 0 saturated carbocycles. The van der Waals surface area contributed by atoms with Crippen LogP contribution in [-0.4, -0.2) is 45.9 Å². The van der Waals surface area contributed by atoms with Crippen molar-refractivity contribution in [2.24, 2.45) is 0 Å². The summed E-state index contributed by atoms with van der Waals surface area (Å²) < 4.78 is 0.143. The fourth-order valence-corrected chi connectivity index (χ4v) is 0. The van der Waals surface area contributed by atoms with Crippen molar-refractivity contribution < 1.29 is 4.79 Å².